The zero-order valence-corrected chi connectivity index (χ0v) is 17.0. The Labute approximate surface area is 164 Å². The van der Waals surface area contributed by atoms with Gasteiger partial charge < -0.3 is 15.0 Å². The van der Waals surface area contributed by atoms with Crippen LogP contribution in [0.1, 0.15) is 27.7 Å². The van der Waals surface area contributed by atoms with Gasteiger partial charge >= 0.3 is 6.09 Å². The molecule has 1 N–H and O–H groups in total. The van der Waals surface area contributed by atoms with Crippen LogP contribution in [-0.4, -0.2) is 59.6 Å². The van der Waals surface area contributed by atoms with E-state index in [2.05, 4.69) is 5.32 Å². The first kappa shape index (κ1) is 20.8. The lowest BCUT2D eigenvalue weighted by Crippen LogP contribution is -2.54. The predicted octanol–water partition coefficient (Wildman–Crippen LogP) is 3.87. The quantitative estimate of drug-likeness (QED) is 0.834. The van der Waals surface area contributed by atoms with Crippen molar-refractivity contribution in [3.05, 3.63) is 28.2 Å². The third-order valence-electron chi connectivity index (χ3n) is 4.08. The van der Waals surface area contributed by atoms with E-state index in [1.54, 1.807) is 23.1 Å². The lowest BCUT2D eigenvalue weighted by Gasteiger charge is -2.37. The van der Waals surface area contributed by atoms with Crippen LogP contribution in [0.15, 0.2) is 18.2 Å². The standard InChI is InChI=1S/C18H25Cl2N3O3/c1-12(16(24)21-15-11-13(19)5-6-14(15)20)22-7-9-23(10-8-22)17(25)26-18(2,3)4/h5-6,11-12H,7-10H2,1-4H3,(H,21,24). The van der Waals surface area contributed by atoms with Crippen LogP contribution < -0.4 is 5.32 Å². The number of nitrogens with one attached hydrogen (secondary N) is 1. The third-order valence-corrected chi connectivity index (χ3v) is 4.64. The second-order valence-electron chi connectivity index (χ2n) is 7.29. The fourth-order valence-electron chi connectivity index (χ4n) is 2.61. The zero-order chi connectivity index (χ0) is 19.5. The van der Waals surface area contributed by atoms with Gasteiger partial charge in [-0.05, 0) is 45.9 Å². The molecule has 8 heteroatoms. The highest BCUT2D eigenvalue weighted by atomic mass is 35.5. The average molecular weight is 402 g/mol. The molecule has 1 atom stereocenters. The van der Waals surface area contributed by atoms with Crippen molar-refractivity contribution >= 4 is 40.9 Å². The Hall–Kier alpha value is -1.50. The fourth-order valence-corrected chi connectivity index (χ4v) is 2.95. The molecule has 0 aromatic heterocycles. The number of hydrogen-bond donors (Lipinski definition) is 1. The van der Waals surface area contributed by atoms with Crippen LogP contribution in [0.4, 0.5) is 10.5 Å². The maximum atomic E-state index is 12.5. The molecular weight excluding hydrogens is 377 g/mol. The van der Waals surface area contributed by atoms with Gasteiger partial charge in [-0.15, -0.1) is 0 Å². The fraction of sp³-hybridized carbons (Fsp3) is 0.556. The summed E-state index contributed by atoms with van der Waals surface area (Å²) < 4.78 is 5.39. The molecule has 6 nitrogen and oxygen atoms in total. The van der Waals surface area contributed by atoms with Crippen LogP contribution in [0.3, 0.4) is 0 Å². The highest BCUT2D eigenvalue weighted by Gasteiger charge is 2.29. The van der Waals surface area contributed by atoms with Crippen LogP contribution in [0, 0.1) is 0 Å². The number of benzene rings is 1. The molecule has 1 aliphatic heterocycles. The molecule has 26 heavy (non-hydrogen) atoms. The number of ether oxygens (including phenoxy) is 1. The van der Waals surface area contributed by atoms with Gasteiger partial charge in [0.05, 0.1) is 16.8 Å². The zero-order valence-electron chi connectivity index (χ0n) is 15.5. The molecule has 1 fully saturated rings. The number of anilines is 1. The van der Waals surface area contributed by atoms with Crippen molar-refractivity contribution in [3.8, 4) is 0 Å². The van der Waals surface area contributed by atoms with Crippen molar-refractivity contribution in [1.82, 2.24) is 9.80 Å². The van der Waals surface area contributed by atoms with E-state index in [0.29, 0.717) is 41.9 Å². The Morgan fingerprint density at radius 3 is 2.35 bits per heavy atom. The van der Waals surface area contributed by atoms with Gasteiger partial charge in [-0.3, -0.25) is 9.69 Å². The van der Waals surface area contributed by atoms with Crippen molar-refractivity contribution < 1.29 is 14.3 Å². The van der Waals surface area contributed by atoms with Crippen LogP contribution >= 0.6 is 23.2 Å². The Kier molecular flexibility index (Phi) is 6.77. The van der Waals surface area contributed by atoms with Crippen molar-refractivity contribution in [2.75, 3.05) is 31.5 Å². The number of amides is 2. The third kappa shape index (κ3) is 5.76. The molecule has 1 aromatic carbocycles. The molecule has 0 spiro atoms. The maximum Gasteiger partial charge on any atom is 0.410 e. The topological polar surface area (TPSA) is 61.9 Å². The minimum atomic E-state index is -0.516. The first-order chi connectivity index (χ1) is 12.1. The first-order valence-corrected chi connectivity index (χ1v) is 9.30. The SMILES string of the molecule is CC(C(=O)Nc1cc(Cl)ccc1Cl)N1CCN(C(=O)OC(C)(C)C)CC1. The summed E-state index contributed by atoms with van der Waals surface area (Å²) in [5.74, 6) is -0.167. The summed E-state index contributed by atoms with van der Waals surface area (Å²) in [6, 6.07) is 4.57. The normalized spacial score (nSPS) is 16.9. The summed E-state index contributed by atoms with van der Waals surface area (Å²) in [6.45, 7) is 9.58. The minimum absolute atomic E-state index is 0.167. The molecule has 144 valence electrons. The average Bonchev–Trinajstić information content (AvgIpc) is 2.56. The van der Waals surface area contributed by atoms with Gasteiger partial charge in [0, 0.05) is 31.2 Å². The van der Waals surface area contributed by atoms with Crippen molar-refractivity contribution in [2.45, 2.75) is 39.3 Å². The molecule has 1 aliphatic rings. The van der Waals surface area contributed by atoms with E-state index >= 15 is 0 Å². The van der Waals surface area contributed by atoms with Gasteiger partial charge in [0.15, 0.2) is 0 Å². The van der Waals surface area contributed by atoms with E-state index in [1.165, 1.54) is 0 Å². The Morgan fingerprint density at radius 2 is 1.77 bits per heavy atom. The smallest absolute Gasteiger partial charge is 0.410 e. The molecule has 2 rings (SSSR count). The van der Waals surface area contributed by atoms with Crippen LogP contribution in [0.5, 0.6) is 0 Å². The van der Waals surface area contributed by atoms with Gasteiger partial charge in [-0.1, -0.05) is 23.2 Å². The van der Waals surface area contributed by atoms with E-state index in [1.807, 2.05) is 32.6 Å². The van der Waals surface area contributed by atoms with Gasteiger partial charge in [-0.25, -0.2) is 4.79 Å². The van der Waals surface area contributed by atoms with Gasteiger partial charge in [0.25, 0.3) is 0 Å². The molecule has 1 aromatic rings. The van der Waals surface area contributed by atoms with E-state index in [-0.39, 0.29) is 18.0 Å². The number of hydrogen-bond acceptors (Lipinski definition) is 4. The summed E-state index contributed by atoms with van der Waals surface area (Å²) in [7, 11) is 0. The molecule has 0 saturated carbocycles. The van der Waals surface area contributed by atoms with Crippen LogP contribution in [-0.2, 0) is 9.53 Å². The summed E-state index contributed by atoms with van der Waals surface area (Å²) in [5, 5.41) is 3.75. The van der Waals surface area contributed by atoms with E-state index in [9.17, 15) is 9.59 Å². The molecular formula is C18H25Cl2N3O3. The number of carbonyl (C=O) groups is 2. The lowest BCUT2D eigenvalue weighted by atomic mass is 10.2. The second kappa shape index (κ2) is 8.46. The summed E-state index contributed by atoms with van der Waals surface area (Å²) in [6.07, 6.45) is -0.319. The Bertz CT molecular complexity index is 668. The summed E-state index contributed by atoms with van der Waals surface area (Å²) >= 11 is 12.0. The van der Waals surface area contributed by atoms with Crippen molar-refractivity contribution in [2.24, 2.45) is 0 Å². The molecule has 0 bridgehead atoms. The summed E-state index contributed by atoms with van der Waals surface area (Å²) in [5.41, 5.74) is -0.0270. The van der Waals surface area contributed by atoms with Gasteiger partial charge in [-0.2, -0.15) is 0 Å². The number of piperazine rings is 1. The molecule has 0 aliphatic carbocycles. The highest BCUT2D eigenvalue weighted by molar-refractivity contribution is 6.35. The predicted molar refractivity (Wildman–Crippen MR) is 104 cm³/mol. The monoisotopic (exact) mass is 401 g/mol. The van der Waals surface area contributed by atoms with Crippen molar-refractivity contribution in [3.63, 3.8) is 0 Å². The van der Waals surface area contributed by atoms with E-state index in [0.717, 1.165) is 0 Å². The largest absolute Gasteiger partial charge is 0.444 e. The van der Waals surface area contributed by atoms with Gasteiger partial charge in [0.2, 0.25) is 5.91 Å². The molecule has 0 radical (unpaired) electrons. The van der Waals surface area contributed by atoms with Gasteiger partial charge in [0.1, 0.15) is 5.60 Å². The lowest BCUT2D eigenvalue weighted by molar-refractivity contribution is -0.121. The molecule has 1 saturated heterocycles. The first-order valence-electron chi connectivity index (χ1n) is 8.55. The molecule has 1 unspecified atom stereocenters. The minimum Gasteiger partial charge on any atom is -0.444 e. The van der Waals surface area contributed by atoms with Crippen molar-refractivity contribution in [1.29, 1.82) is 0 Å². The second-order valence-corrected chi connectivity index (χ2v) is 8.14. The number of nitrogens with zero attached hydrogens (tertiary/aromatic N) is 2. The maximum absolute atomic E-state index is 12.5. The Morgan fingerprint density at radius 1 is 1.15 bits per heavy atom. The van der Waals surface area contributed by atoms with E-state index in [4.69, 9.17) is 27.9 Å². The van der Waals surface area contributed by atoms with E-state index < -0.39 is 5.60 Å². The van der Waals surface area contributed by atoms with Crippen LogP contribution in [0.2, 0.25) is 10.0 Å². The Balaban J connectivity index is 1.89. The number of rotatable bonds is 3. The summed E-state index contributed by atoms with van der Waals surface area (Å²) in [4.78, 5) is 28.3. The molecule has 1 heterocycles. The highest BCUT2D eigenvalue weighted by Crippen LogP contribution is 2.25. The number of halogens is 2. The molecule has 2 amide bonds. The van der Waals surface area contributed by atoms with Crippen LogP contribution in [0.25, 0.3) is 0 Å². The number of carbonyl (C=O) groups excluding carboxylic acids is 2.